The second-order valence-corrected chi connectivity index (χ2v) is 5.94. The van der Waals surface area contributed by atoms with Crippen LogP contribution >= 0.6 is 0 Å². The predicted octanol–water partition coefficient (Wildman–Crippen LogP) is 1.40. The average Bonchev–Trinajstić information content (AvgIpc) is 2.18. The smallest absolute Gasteiger partial charge is 0.211 e. The van der Waals surface area contributed by atoms with Gasteiger partial charge in [0, 0.05) is 13.0 Å². The first-order valence-corrected chi connectivity index (χ1v) is 7.13. The van der Waals surface area contributed by atoms with Gasteiger partial charge in [-0.25, -0.2) is 13.1 Å². The molecule has 1 aliphatic carbocycles. The lowest BCUT2D eigenvalue weighted by Crippen LogP contribution is -2.31. The molecule has 0 saturated heterocycles. The second-order valence-electron chi connectivity index (χ2n) is 4.09. The molecule has 0 aromatic heterocycles. The van der Waals surface area contributed by atoms with Crippen LogP contribution in [0.25, 0.3) is 0 Å². The molecule has 0 spiro atoms. The quantitative estimate of drug-likeness (QED) is 0.726. The van der Waals surface area contributed by atoms with Gasteiger partial charge in [-0.15, -0.1) is 0 Å². The molecule has 0 radical (unpaired) electrons. The van der Waals surface area contributed by atoms with E-state index in [-0.39, 0.29) is 18.7 Å². The van der Waals surface area contributed by atoms with Crippen LogP contribution in [0.15, 0.2) is 0 Å². The molecule has 5 heteroatoms. The monoisotopic (exact) mass is 230 g/mol. The lowest BCUT2D eigenvalue weighted by molar-refractivity contribution is 0.384. The zero-order valence-corrected chi connectivity index (χ0v) is 9.72. The molecule has 0 heterocycles. The number of nitrogens with one attached hydrogen (secondary N) is 1. The van der Waals surface area contributed by atoms with Crippen LogP contribution in [-0.4, -0.2) is 20.7 Å². The first kappa shape index (κ1) is 12.5. The molecular weight excluding hydrogens is 212 g/mol. The van der Waals surface area contributed by atoms with E-state index in [1.165, 1.54) is 6.42 Å². The van der Waals surface area contributed by atoms with E-state index in [1.807, 2.05) is 6.07 Å². The SMILES string of the molecule is N#CCCNS(=O)(=O)CC1CCCCC1. The van der Waals surface area contributed by atoms with Gasteiger partial charge in [-0.2, -0.15) is 5.26 Å². The molecule has 0 aromatic carbocycles. The fourth-order valence-electron chi connectivity index (χ4n) is 1.99. The van der Waals surface area contributed by atoms with E-state index in [1.54, 1.807) is 0 Å². The number of sulfonamides is 1. The van der Waals surface area contributed by atoms with Crippen LogP contribution in [0.5, 0.6) is 0 Å². The van der Waals surface area contributed by atoms with Crippen LogP contribution in [0.1, 0.15) is 38.5 Å². The zero-order valence-electron chi connectivity index (χ0n) is 8.91. The fraction of sp³-hybridized carbons (Fsp3) is 0.900. The molecule has 86 valence electrons. The summed E-state index contributed by atoms with van der Waals surface area (Å²) in [6, 6.07) is 1.92. The van der Waals surface area contributed by atoms with Gasteiger partial charge < -0.3 is 0 Å². The van der Waals surface area contributed by atoms with Gasteiger partial charge in [0.1, 0.15) is 0 Å². The Hall–Kier alpha value is -0.600. The highest BCUT2D eigenvalue weighted by Crippen LogP contribution is 2.24. The van der Waals surface area contributed by atoms with Crippen molar-refractivity contribution in [2.24, 2.45) is 5.92 Å². The summed E-state index contributed by atoms with van der Waals surface area (Å²) in [4.78, 5) is 0. The van der Waals surface area contributed by atoms with E-state index in [2.05, 4.69) is 4.72 Å². The minimum absolute atomic E-state index is 0.235. The van der Waals surface area contributed by atoms with E-state index in [9.17, 15) is 8.42 Å². The molecule has 1 rings (SSSR count). The summed E-state index contributed by atoms with van der Waals surface area (Å²) < 4.78 is 25.6. The molecule has 4 nitrogen and oxygen atoms in total. The Bertz CT molecular complexity index is 313. The standard InChI is InChI=1S/C10H18N2O2S/c11-7-4-8-12-15(13,14)9-10-5-2-1-3-6-10/h10,12H,1-6,8-9H2. The maximum absolute atomic E-state index is 11.6. The van der Waals surface area contributed by atoms with Crippen molar-refractivity contribution >= 4 is 10.0 Å². The van der Waals surface area contributed by atoms with Gasteiger partial charge in [0.15, 0.2) is 0 Å². The van der Waals surface area contributed by atoms with E-state index >= 15 is 0 Å². The minimum Gasteiger partial charge on any atom is -0.214 e. The number of rotatable bonds is 5. The predicted molar refractivity (Wildman–Crippen MR) is 58.6 cm³/mol. The van der Waals surface area contributed by atoms with Crippen LogP contribution in [0.3, 0.4) is 0 Å². The van der Waals surface area contributed by atoms with Gasteiger partial charge in [-0.1, -0.05) is 19.3 Å². The van der Waals surface area contributed by atoms with Crippen molar-refractivity contribution in [3.63, 3.8) is 0 Å². The molecule has 0 unspecified atom stereocenters. The molecule has 0 aliphatic heterocycles. The molecule has 1 fully saturated rings. The van der Waals surface area contributed by atoms with Gasteiger partial charge in [-0.3, -0.25) is 0 Å². The summed E-state index contributed by atoms with van der Waals surface area (Å²) in [5.41, 5.74) is 0. The number of nitrogens with zero attached hydrogens (tertiary/aromatic N) is 1. The number of nitriles is 1. The fourth-order valence-corrected chi connectivity index (χ4v) is 3.47. The first-order chi connectivity index (χ1) is 7.14. The van der Waals surface area contributed by atoms with Gasteiger partial charge in [0.05, 0.1) is 11.8 Å². The van der Waals surface area contributed by atoms with Crippen LogP contribution in [0.4, 0.5) is 0 Å². The van der Waals surface area contributed by atoms with Crippen LogP contribution in [0.2, 0.25) is 0 Å². The van der Waals surface area contributed by atoms with Gasteiger partial charge in [0.2, 0.25) is 10.0 Å². The summed E-state index contributed by atoms with van der Waals surface area (Å²) >= 11 is 0. The lowest BCUT2D eigenvalue weighted by Gasteiger charge is -2.21. The Morgan fingerprint density at radius 1 is 1.27 bits per heavy atom. The third-order valence-corrected chi connectivity index (χ3v) is 4.29. The highest BCUT2D eigenvalue weighted by Gasteiger charge is 2.20. The van der Waals surface area contributed by atoms with Gasteiger partial charge in [0.25, 0.3) is 0 Å². The Morgan fingerprint density at radius 2 is 1.93 bits per heavy atom. The lowest BCUT2D eigenvalue weighted by atomic mass is 9.91. The van der Waals surface area contributed by atoms with Crippen molar-refractivity contribution in [2.75, 3.05) is 12.3 Å². The van der Waals surface area contributed by atoms with Crippen LogP contribution < -0.4 is 4.72 Å². The van der Waals surface area contributed by atoms with Crippen molar-refractivity contribution in [3.05, 3.63) is 0 Å². The third kappa shape index (κ3) is 5.14. The van der Waals surface area contributed by atoms with Crippen LogP contribution in [0, 0.1) is 17.2 Å². The number of hydrogen-bond acceptors (Lipinski definition) is 3. The summed E-state index contributed by atoms with van der Waals surface area (Å²) in [6.07, 6.45) is 5.83. The second kappa shape index (κ2) is 6.09. The first-order valence-electron chi connectivity index (χ1n) is 5.48. The Labute approximate surface area is 91.7 Å². The molecule has 1 aliphatic rings. The molecule has 0 amide bonds. The van der Waals surface area contributed by atoms with E-state index in [4.69, 9.17) is 5.26 Å². The summed E-state index contributed by atoms with van der Waals surface area (Å²) in [6.45, 7) is 0.242. The number of hydrogen-bond donors (Lipinski definition) is 1. The largest absolute Gasteiger partial charge is 0.214 e. The molecule has 1 N–H and O–H groups in total. The Kier molecular flexibility index (Phi) is 5.06. The Balaban J connectivity index is 2.31. The topological polar surface area (TPSA) is 70.0 Å². The van der Waals surface area contributed by atoms with Crippen molar-refractivity contribution in [3.8, 4) is 6.07 Å². The normalized spacial score (nSPS) is 18.6. The maximum atomic E-state index is 11.6. The van der Waals surface area contributed by atoms with E-state index in [0.29, 0.717) is 5.92 Å². The average molecular weight is 230 g/mol. The molecule has 1 saturated carbocycles. The molecule has 0 aromatic rings. The highest BCUT2D eigenvalue weighted by molar-refractivity contribution is 7.89. The van der Waals surface area contributed by atoms with E-state index < -0.39 is 10.0 Å². The zero-order chi connectivity index (χ0) is 11.1. The van der Waals surface area contributed by atoms with Crippen molar-refractivity contribution in [1.82, 2.24) is 4.72 Å². The molecule has 0 atom stereocenters. The Morgan fingerprint density at radius 3 is 2.53 bits per heavy atom. The maximum Gasteiger partial charge on any atom is 0.211 e. The van der Waals surface area contributed by atoms with Crippen molar-refractivity contribution in [2.45, 2.75) is 38.5 Å². The van der Waals surface area contributed by atoms with Crippen LogP contribution in [-0.2, 0) is 10.0 Å². The van der Waals surface area contributed by atoms with Gasteiger partial charge >= 0.3 is 0 Å². The van der Waals surface area contributed by atoms with Crippen molar-refractivity contribution in [1.29, 1.82) is 5.26 Å². The molecule has 0 bridgehead atoms. The molecule has 15 heavy (non-hydrogen) atoms. The van der Waals surface area contributed by atoms with E-state index in [0.717, 1.165) is 25.7 Å². The van der Waals surface area contributed by atoms with Gasteiger partial charge in [-0.05, 0) is 18.8 Å². The minimum atomic E-state index is -3.15. The summed E-state index contributed by atoms with van der Waals surface area (Å²) in [5, 5.41) is 8.30. The summed E-state index contributed by atoms with van der Waals surface area (Å²) in [5.74, 6) is 0.552. The summed E-state index contributed by atoms with van der Waals surface area (Å²) in [7, 11) is -3.15. The third-order valence-electron chi connectivity index (χ3n) is 2.74. The molecular formula is C10H18N2O2S. The highest BCUT2D eigenvalue weighted by atomic mass is 32.2. The van der Waals surface area contributed by atoms with Crippen molar-refractivity contribution < 1.29 is 8.42 Å².